The normalized spacial score (nSPS) is 14.6. The number of hydrogen-bond donors (Lipinski definition) is 2. The number of carboxylic acid groups (broad SMARTS) is 1. The van der Waals surface area contributed by atoms with Gasteiger partial charge in [-0.25, -0.2) is 4.98 Å². The predicted octanol–water partition coefficient (Wildman–Crippen LogP) is 6.81. The van der Waals surface area contributed by atoms with Gasteiger partial charge in [0, 0.05) is 22.8 Å². The van der Waals surface area contributed by atoms with E-state index < -0.39 is 29.5 Å². The van der Waals surface area contributed by atoms with Crippen LogP contribution in [-0.4, -0.2) is 33.6 Å². The first kappa shape index (κ1) is 26.9. The Bertz CT molecular complexity index is 1580. The zero-order chi connectivity index (χ0) is 28.4. The Morgan fingerprint density at radius 1 is 1.05 bits per heavy atom. The van der Waals surface area contributed by atoms with Crippen molar-refractivity contribution >= 4 is 29.3 Å². The molecule has 1 aliphatic rings. The highest BCUT2D eigenvalue weighted by Crippen LogP contribution is 2.42. The quantitative estimate of drug-likeness (QED) is 0.262. The highest BCUT2D eigenvalue weighted by atomic mass is 35.5. The zero-order valence-corrected chi connectivity index (χ0v) is 21.2. The van der Waals surface area contributed by atoms with E-state index in [2.05, 4.69) is 15.3 Å². The molecular formula is C28H19ClF3N3O5. The number of aliphatic carboxylic acids is 1. The van der Waals surface area contributed by atoms with Crippen LogP contribution in [0.4, 0.5) is 19.0 Å². The van der Waals surface area contributed by atoms with Crippen LogP contribution in [0, 0.1) is 0 Å². The lowest BCUT2D eigenvalue weighted by atomic mass is 9.93. The molecular weight excluding hydrogens is 551 g/mol. The Hall–Kier alpha value is -4.64. The van der Waals surface area contributed by atoms with Crippen molar-refractivity contribution in [2.45, 2.75) is 18.5 Å². The van der Waals surface area contributed by atoms with E-state index in [0.29, 0.717) is 29.0 Å². The van der Waals surface area contributed by atoms with Gasteiger partial charge in [-0.05, 0) is 48.9 Å². The van der Waals surface area contributed by atoms with Crippen molar-refractivity contribution in [3.05, 3.63) is 94.8 Å². The highest BCUT2D eigenvalue weighted by molar-refractivity contribution is 6.32. The number of carbonyl (C=O) groups excluding carboxylic acids is 1. The molecule has 0 spiro atoms. The van der Waals surface area contributed by atoms with Gasteiger partial charge in [0.1, 0.15) is 17.2 Å². The number of halogens is 4. The molecule has 1 aliphatic heterocycles. The largest absolute Gasteiger partial charge is 0.493 e. The predicted molar refractivity (Wildman–Crippen MR) is 139 cm³/mol. The lowest BCUT2D eigenvalue weighted by Gasteiger charge is -2.24. The number of carboxylic acids is 1. The maximum atomic E-state index is 12.8. The van der Waals surface area contributed by atoms with Crippen LogP contribution in [0.3, 0.4) is 0 Å². The number of nitrogens with zero attached hydrogens (tertiary/aromatic N) is 2. The second-order valence-corrected chi connectivity index (χ2v) is 9.20. The molecule has 0 radical (unpaired) electrons. The lowest BCUT2D eigenvalue weighted by molar-refractivity contribution is -0.139. The van der Waals surface area contributed by atoms with Gasteiger partial charge in [-0.15, -0.1) is 0 Å². The minimum Gasteiger partial charge on any atom is -0.493 e. The molecule has 4 aromatic rings. The monoisotopic (exact) mass is 569 g/mol. The van der Waals surface area contributed by atoms with E-state index in [1.807, 2.05) is 0 Å². The zero-order valence-electron chi connectivity index (χ0n) is 20.4. The molecule has 0 fully saturated rings. The van der Waals surface area contributed by atoms with Crippen molar-refractivity contribution in [3.8, 4) is 28.5 Å². The molecule has 12 heteroatoms. The van der Waals surface area contributed by atoms with Crippen LogP contribution in [0.2, 0.25) is 5.02 Å². The van der Waals surface area contributed by atoms with Gasteiger partial charge in [0.05, 0.1) is 41.2 Å². The number of nitrogens with one attached hydrogen (secondary N) is 1. The van der Waals surface area contributed by atoms with E-state index in [9.17, 15) is 27.9 Å². The standard InChI is InChI=1S/C28H19ClF3N3O5/c29-21-11-20-19(27(37)38)9-10-39-23(20)12-24(21)40-18-7-3-16(4-8-18)26(36)35-25-14-33-13-22(34-25)15-1-5-17(6-2-15)28(30,31)32/h1-8,11-14,19H,9-10H2,(H,37,38)(H,34,35,36). The molecule has 2 N–H and O–H groups in total. The van der Waals surface area contributed by atoms with Gasteiger partial charge in [0.2, 0.25) is 0 Å². The van der Waals surface area contributed by atoms with Crippen molar-refractivity contribution in [2.24, 2.45) is 0 Å². The van der Waals surface area contributed by atoms with Crippen LogP contribution in [0.25, 0.3) is 11.3 Å². The van der Waals surface area contributed by atoms with Crippen LogP contribution in [-0.2, 0) is 11.0 Å². The molecule has 3 aromatic carbocycles. The van der Waals surface area contributed by atoms with Gasteiger partial charge >= 0.3 is 12.1 Å². The summed E-state index contributed by atoms with van der Waals surface area (Å²) in [6.45, 7) is 0.256. The molecule has 0 saturated carbocycles. The summed E-state index contributed by atoms with van der Waals surface area (Å²) in [7, 11) is 0. The number of fused-ring (bicyclic) bond motifs is 1. The number of rotatable bonds is 6. The first-order valence-electron chi connectivity index (χ1n) is 11.9. The molecule has 1 aromatic heterocycles. The smallest absolute Gasteiger partial charge is 0.416 e. The fourth-order valence-corrected chi connectivity index (χ4v) is 4.32. The summed E-state index contributed by atoms with van der Waals surface area (Å²) in [6, 6.07) is 13.6. The topological polar surface area (TPSA) is 111 Å². The molecule has 2 heterocycles. The Labute approximate surface area is 230 Å². The number of benzene rings is 3. The first-order valence-corrected chi connectivity index (χ1v) is 12.2. The third-order valence-corrected chi connectivity index (χ3v) is 6.43. The van der Waals surface area contributed by atoms with Crippen LogP contribution in [0.5, 0.6) is 17.2 Å². The van der Waals surface area contributed by atoms with Crippen LogP contribution in [0.15, 0.2) is 73.1 Å². The fourth-order valence-electron chi connectivity index (χ4n) is 4.11. The summed E-state index contributed by atoms with van der Waals surface area (Å²) in [5.74, 6) is -1.04. The van der Waals surface area contributed by atoms with Crippen molar-refractivity contribution in [1.29, 1.82) is 0 Å². The van der Waals surface area contributed by atoms with Crippen LogP contribution >= 0.6 is 11.6 Å². The van der Waals surface area contributed by atoms with Crippen molar-refractivity contribution in [2.75, 3.05) is 11.9 Å². The van der Waals surface area contributed by atoms with Gasteiger partial charge < -0.3 is 19.9 Å². The summed E-state index contributed by atoms with van der Waals surface area (Å²) < 4.78 is 49.9. The van der Waals surface area contributed by atoms with Gasteiger partial charge in [-0.1, -0.05) is 23.7 Å². The van der Waals surface area contributed by atoms with E-state index in [0.717, 1.165) is 12.1 Å². The highest BCUT2D eigenvalue weighted by Gasteiger charge is 2.30. The molecule has 0 aliphatic carbocycles. The Balaban J connectivity index is 1.27. The molecule has 0 bridgehead atoms. The van der Waals surface area contributed by atoms with Crippen LogP contribution in [0.1, 0.15) is 33.8 Å². The molecule has 1 atom stereocenters. The first-order chi connectivity index (χ1) is 19.1. The minimum absolute atomic E-state index is 0.114. The third kappa shape index (κ3) is 5.84. The number of alkyl halides is 3. The molecule has 1 amide bonds. The van der Waals surface area contributed by atoms with E-state index in [1.165, 1.54) is 48.8 Å². The summed E-state index contributed by atoms with van der Waals surface area (Å²) in [6.07, 6.45) is -1.41. The fraction of sp³-hybridized carbons (Fsp3) is 0.143. The summed E-state index contributed by atoms with van der Waals surface area (Å²) in [5.41, 5.74) is 0.667. The Morgan fingerprint density at radius 3 is 2.45 bits per heavy atom. The van der Waals surface area contributed by atoms with E-state index >= 15 is 0 Å². The molecule has 0 saturated heterocycles. The maximum absolute atomic E-state index is 12.8. The van der Waals surface area contributed by atoms with Crippen molar-refractivity contribution in [3.63, 3.8) is 0 Å². The van der Waals surface area contributed by atoms with Gasteiger partial charge in [-0.3, -0.25) is 14.6 Å². The average molecular weight is 570 g/mol. The average Bonchev–Trinajstić information content (AvgIpc) is 2.93. The number of anilines is 1. The Morgan fingerprint density at radius 2 is 1.77 bits per heavy atom. The molecule has 8 nitrogen and oxygen atoms in total. The molecule has 204 valence electrons. The minimum atomic E-state index is -4.45. The van der Waals surface area contributed by atoms with E-state index in [1.54, 1.807) is 12.1 Å². The van der Waals surface area contributed by atoms with Gasteiger partial charge in [-0.2, -0.15) is 13.2 Å². The van der Waals surface area contributed by atoms with E-state index in [4.69, 9.17) is 21.1 Å². The van der Waals surface area contributed by atoms with Crippen molar-refractivity contribution < 1.29 is 37.3 Å². The second kappa shape index (κ2) is 10.9. The van der Waals surface area contributed by atoms with Crippen molar-refractivity contribution in [1.82, 2.24) is 9.97 Å². The summed E-state index contributed by atoms with van der Waals surface area (Å²) in [4.78, 5) is 32.6. The molecule has 40 heavy (non-hydrogen) atoms. The van der Waals surface area contributed by atoms with Gasteiger partial charge in [0.25, 0.3) is 5.91 Å². The maximum Gasteiger partial charge on any atom is 0.416 e. The number of ether oxygens (including phenoxy) is 2. The molecule has 5 rings (SSSR count). The summed E-state index contributed by atoms with van der Waals surface area (Å²) in [5, 5.41) is 12.3. The van der Waals surface area contributed by atoms with Crippen LogP contribution < -0.4 is 14.8 Å². The second-order valence-electron chi connectivity index (χ2n) is 8.79. The summed E-state index contributed by atoms with van der Waals surface area (Å²) >= 11 is 6.34. The lowest BCUT2D eigenvalue weighted by Crippen LogP contribution is -2.20. The molecule has 1 unspecified atom stereocenters. The Kier molecular flexibility index (Phi) is 7.31. The number of hydrogen-bond acceptors (Lipinski definition) is 6. The van der Waals surface area contributed by atoms with Gasteiger partial charge in [0.15, 0.2) is 5.82 Å². The third-order valence-electron chi connectivity index (χ3n) is 6.13. The number of carbonyl (C=O) groups is 2. The number of aromatic nitrogens is 2. The van der Waals surface area contributed by atoms with E-state index in [-0.39, 0.29) is 34.5 Å². The number of amides is 1. The SMILES string of the molecule is O=C(Nc1cncc(-c2ccc(C(F)(F)F)cc2)n1)c1ccc(Oc2cc3c(cc2Cl)C(C(=O)O)CCO3)cc1.